The zero-order valence-electron chi connectivity index (χ0n) is 12.8. The average molecular weight is 345 g/mol. The first-order valence-electron chi connectivity index (χ1n) is 6.93. The molecule has 0 amide bonds. The molecule has 7 nitrogen and oxygen atoms in total. The van der Waals surface area contributed by atoms with Gasteiger partial charge < -0.3 is 10.6 Å². The predicted octanol–water partition coefficient (Wildman–Crippen LogP) is 2.86. The molecule has 0 saturated carbocycles. The van der Waals surface area contributed by atoms with E-state index in [4.69, 9.17) is 10.6 Å². The topological polar surface area (TPSA) is 108 Å². The standard InChI is InChI=1S/C16H15N3O4S/c1-11-5-7-14(8-6-11)24-10-15(20)23-18-16(17)12-3-2-4-13(9-12)19(21)22/h2-9H,10H2,1H3,(H2,17,18). The molecule has 0 aliphatic carbocycles. The van der Waals surface area contributed by atoms with Gasteiger partial charge in [0.2, 0.25) is 0 Å². The van der Waals surface area contributed by atoms with E-state index in [1.165, 1.54) is 30.0 Å². The first-order chi connectivity index (χ1) is 11.5. The van der Waals surface area contributed by atoms with Crippen molar-refractivity contribution in [2.45, 2.75) is 11.8 Å². The molecule has 0 aliphatic rings. The highest BCUT2D eigenvalue weighted by Crippen LogP contribution is 2.18. The van der Waals surface area contributed by atoms with Crippen LogP contribution in [-0.2, 0) is 9.63 Å². The van der Waals surface area contributed by atoms with Gasteiger partial charge in [-0.2, -0.15) is 0 Å². The molecule has 0 atom stereocenters. The Hall–Kier alpha value is -2.87. The average Bonchev–Trinajstić information content (AvgIpc) is 2.59. The highest BCUT2D eigenvalue weighted by atomic mass is 32.2. The molecule has 124 valence electrons. The molecule has 0 spiro atoms. The van der Waals surface area contributed by atoms with Crippen LogP contribution in [0.1, 0.15) is 11.1 Å². The van der Waals surface area contributed by atoms with Crippen LogP contribution in [0.2, 0.25) is 0 Å². The van der Waals surface area contributed by atoms with Gasteiger partial charge in [-0.05, 0) is 19.1 Å². The first kappa shape index (κ1) is 17.5. The molecule has 0 heterocycles. The zero-order valence-corrected chi connectivity index (χ0v) is 13.7. The second-order valence-electron chi connectivity index (χ2n) is 4.85. The van der Waals surface area contributed by atoms with E-state index < -0.39 is 10.9 Å². The van der Waals surface area contributed by atoms with Crippen LogP contribution in [-0.4, -0.2) is 22.5 Å². The highest BCUT2D eigenvalue weighted by Gasteiger charge is 2.09. The third-order valence-electron chi connectivity index (χ3n) is 2.98. The SMILES string of the molecule is Cc1ccc(SCC(=O)ON=C(N)c2cccc([N+](=O)[O-])c2)cc1. The number of amidine groups is 1. The van der Waals surface area contributed by atoms with Crippen LogP contribution in [0, 0.1) is 17.0 Å². The van der Waals surface area contributed by atoms with E-state index in [1.54, 1.807) is 6.07 Å². The molecule has 2 aromatic rings. The second-order valence-corrected chi connectivity index (χ2v) is 5.90. The van der Waals surface area contributed by atoms with Gasteiger partial charge in [-0.25, -0.2) is 4.79 Å². The number of rotatable bonds is 6. The van der Waals surface area contributed by atoms with Crippen LogP contribution >= 0.6 is 11.8 Å². The summed E-state index contributed by atoms with van der Waals surface area (Å²) in [6, 6.07) is 13.3. The van der Waals surface area contributed by atoms with Gasteiger partial charge >= 0.3 is 5.97 Å². The number of oxime groups is 1. The van der Waals surface area contributed by atoms with E-state index in [-0.39, 0.29) is 17.3 Å². The van der Waals surface area contributed by atoms with Crippen molar-refractivity contribution in [1.29, 1.82) is 0 Å². The van der Waals surface area contributed by atoms with Crippen molar-refractivity contribution in [3.05, 3.63) is 69.8 Å². The molecule has 2 rings (SSSR count). The van der Waals surface area contributed by atoms with Crippen LogP contribution in [0.4, 0.5) is 5.69 Å². The van der Waals surface area contributed by atoms with Gasteiger partial charge in [0, 0.05) is 22.6 Å². The van der Waals surface area contributed by atoms with E-state index in [0.717, 1.165) is 10.5 Å². The van der Waals surface area contributed by atoms with Crippen molar-refractivity contribution in [3.8, 4) is 0 Å². The van der Waals surface area contributed by atoms with Gasteiger partial charge in [0.25, 0.3) is 5.69 Å². The van der Waals surface area contributed by atoms with Gasteiger partial charge in [-0.3, -0.25) is 10.1 Å². The third-order valence-corrected chi connectivity index (χ3v) is 3.96. The number of carbonyl (C=O) groups excluding carboxylic acids is 1. The van der Waals surface area contributed by atoms with Gasteiger partial charge in [0.15, 0.2) is 5.84 Å². The maximum atomic E-state index is 11.7. The van der Waals surface area contributed by atoms with Crippen LogP contribution in [0.15, 0.2) is 58.6 Å². The van der Waals surface area contributed by atoms with Crippen molar-refractivity contribution in [3.63, 3.8) is 0 Å². The summed E-state index contributed by atoms with van der Waals surface area (Å²) in [5.74, 6) is -0.587. The van der Waals surface area contributed by atoms with Gasteiger partial charge in [0.1, 0.15) is 0 Å². The normalized spacial score (nSPS) is 11.1. The zero-order chi connectivity index (χ0) is 17.5. The fourth-order valence-electron chi connectivity index (χ4n) is 1.73. The molecule has 2 aromatic carbocycles. The summed E-state index contributed by atoms with van der Waals surface area (Å²) >= 11 is 1.32. The van der Waals surface area contributed by atoms with Crippen LogP contribution in [0.3, 0.4) is 0 Å². The van der Waals surface area contributed by atoms with Crippen molar-refractivity contribution >= 4 is 29.3 Å². The number of hydrogen-bond donors (Lipinski definition) is 1. The summed E-state index contributed by atoms with van der Waals surface area (Å²) in [7, 11) is 0. The molecular formula is C16H15N3O4S. The minimum atomic E-state index is -0.561. The van der Waals surface area contributed by atoms with E-state index >= 15 is 0 Å². The minimum absolute atomic E-state index is 0.0782. The first-order valence-corrected chi connectivity index (χ1v) is 7.92. The Balaban J connectivity index is 1.91. The summed E-state index contributed by atoms with van der Waals surface area (Å²) in [5.41, 5.74) is 7.00. The number of nitrogens with zero attached hydrogens (tertiary/aromatic N) is 2. The quantitative estimate of drug-likeness (QED) is 0.215. The summed E-state index contributed by atoms with van der Waals surface area (Å²) < 4.78 is 0. The lowest BCUT2D eigenvalue weighted by atomic mass is 10.2. The van der Waals surface area contributed by atoms with Crippen molar-refractivity contribution in [2.75, 3.05) is 5.75 Å². The third kappa shape index (κ3) is 5.10. The molecule has 0 fully saturated rings. The Kier molecular flexibility index (Phi) is 5.91. The molecule has 0 radical (unpaired) electrons. The fraction of sp³-hybridized carbons (Fsp3) is 0.125. The Bertz CT molecular complexity index is 775. The molecule has 0 unspecified atom stereocenters. The van der Waals surface area contributed by atoms with E-state index in [9.17, 15) is 14.9 Å². The highest BCUT2D eigenvalue weighted by molar-refractivity contribution is 8.00. The van der Waals surface area contributed by atoms with E-state index in [2.05, 4.69) is 5.16 Å². The molecule has 8 heteroatoms. The van der Waals surface area contributed by atoms with Gasteiger partial charge in [-0.15, -0.1) is 11.8 Å². The Morgan fingerprint density at radius 3 is 2.67 bits per heavy atom. The Morgan fingerprint density at radius 1 is 1.29 bits per heavy atom. The molecule has 24 heavy (non-hydrogen) atoms. The Labute approximate surface area is 142 Å². The number of nitrogens with two attached hydrogens (primary N) is 1. The summed E-state index contributed by atoms with van der Waals surface area (Å²) in [5, 5.41) is 14.2. The maximum absolute atomic E-state index is 11.7. The fourth-order valence-corrected chi connectivity index (χ4v) is 2.40. The molecule has 0 bridgehead atoms. The predicted molar refractivity (Wildman–Crippen MR) is 91.8 cm³/mol. The van der Waals surface area contributed by atoms with E-state index in [0.29, 0.717) is 5.56 Å². The maximum Gasteiger partial charge on any atom is 0.345 e. The number of benzene rings is 2. The summed E-state index contributed by atoms with van der Waals surface area (Å²) in [4.78, 5) is 27.5. The molecule has 2 N–H and O–H groups in total. The lowest BCUT2D eigenvalue weighted by Crippen LogP contribution is -2.16. The smallest absolute Gasteiger partial charge is 0.345 e. The van der Waals surface area contributed by atoms with Crippen molar-refractivity contribution in [1.82, 2.24) is 0 Å². The number of nitro benzene ring substituents is 1. The molecular weight excluding hydrogens is 330 g/mol. The van der Waals surface area contributed by atoms with Gasteiger partial charge in [0.05, 0.1) is 10.7 Å². The van der Waals surface area contributed by atoms with Gasteiger partial charge in [-0.1, -0.05) is 35.0 Å². The summed E-state index contributed by atoms with van der Waals surface area (Å²) in [6.45, 7) is 1.98. The molecule has 0 aromatic heterocycles. The van der Waals surface area contributed by atoms with Crippen LogP contribution < -0.4 is 5.73 Å². The van der Waals surface area contributed by atoms with Crippen LogP contribution in [0.25, 0.3) is 0 Å². The second kappa shape index (κ2) is 8.11. The Morgan fingerprint density at radius 2 is 2.00 bits per heavy atom. The number of non-ortho nitro benzene ring substituents is 1. The minimum Gasteiger partial charge on any atom is -0.380 e. The van der Waals surface area contributed by atoms with Crippen molar-refractivity contribution < 1.29 is 14.6 Å². The van der Waals surface area contributed by atoms with Crippen molar-refractivity contribution in [2.24, 2.45) is 10.9 Å². The summed E-state index contributed by atoms with van der Waals surface area (Å²) in [6.07, 6.45) is 0. The number of hydrogen-bond acceptors (Lipinski definition) is 6. The number of aryl methyl sites for hydroxylation is 1. The molecule has 0 aliphatic heterocycles. The lowest BCUT2D eigenvalue weighted by Gasteiger charge is -2.02. The number of carbonyl (C=O) groups is 1. The van der Waals surface area contributed by atoms with E-state index in [1.807, 2.05) is 31.2 Å². The largest absolute Gasteiger partial charge is 0.380 e. The van der Waals surface area contributed by atoms with Crippen LogP contribution in [0.5, 0.6) is 0 Å². The lowest BCUT2D eigenvalue weighted by molar-refractivity contribution is -0.384. The monoisotopic (exact) mass is 345 g/mol. The molecule has 0 saturated heterocycles. The number of thioether (sulfide) groups is 1. The number of nitro groups is 1.